The van der Waals surface area contributed by atoms with E-state index < -0.39 is 0 Å². The number of rotatable bonds is 12. The number of nitrogens with zero attached hydrogens (tertiary/aromatic N) is 2. The molecule has 1 heterocycles. The molecule has 8 heteroatoms. The molecule has 8 nitrogen and oxygen atoms in total. The van der Waals surface area contributed by atoms with Crippen molar-refractivity contribution in [2.45, 2.75) is 32.7 Å². The number of methoxy groups -OCH3 is 3. The van der Waals surface area contributed by atoms with Crippen LogP contribution in [0.2, 0.25) is 0 Å². The molecule has 0 aliphatic heterocycles. The highest BCUT2D eigenvalue weighted by atomic mass is 16.5. The predicted molar refractivity (Wildman–Crippen MR) is 124 cm³/mol. The predicted octanol–water partition coefficient (Wildman–Crippen LogP) is 4.06. The van der Waals surface area contributed by atoms with Gasteiger partial charge in [-0.15, -0.1) is 0 Å². The molecule has 0 spiro atoms. The van der Waals surface area contributed by atoms with Gasteiger partial charge < -0.3 is 23.5 Å². The molecule has 2 aromatic carbocycles. The Balaban J connectivity index is 1.73. The Hall–Kier alpha value is -3.26. The van der Waals surface area contributed by atoms with Crippen molar-refractivity contribution in [2.24, 2.45) is 0 Å². The maximum Gasteiger partial charge on any atom is 0.227 e. The average molecular weight is 442 g/mol. The van der Waals surface area contributed by atoms with Gasteiger partial charge in [0.1, 0.15) is 0 Å². The van der Waals surface area contributed by atoms with Gasteiger partial charge in [0.15, 0.2) is 11.5 Å². The van der Waals surface area contributed by atoms with Crippen molar-refractivity contribution in [1.82, 2.24) is 9.55 Å². The number of hydrogen-bond donors (Lipinski definition) is 1. The van der Waals surface area contributed by atoms with E-state index in [0.29, 0.717) is 49.4 Å². The lowest BCUT2D eigenvalue weighted by Crippen LogP contribution is -2.17. The molecule has 172 valence electrons. The number of hydrogen-bond acceptors (Lipinski definition) is 6. The lowest BCUT2D eigenvalue weighted by atomic mass is 10.1. The van der Waals surface area contributed by atoms with Gasteiger partial charge in [-0.05, 0) is 43.5 Å². The third-order valence-corrected chi connectivity index (χ3v) is 5.19. The van der Waals surface area contributed by atoms with E-state index >= 15 is 0 Å². The summed E-state index contributed by atoms with van der Waals surface area (Å²) in [6.45, 7) is 4.04. The molecule has 0 unspecified atom stereocenters. The molecule has 0 bridgehead atoms. The number of imidazole rings is 1. The van der Waals surface area contributed by atoms with Crippen LogP contribution in [0.3, 0.4) is 0 Å². The fourth-order valence-corrected chi connectivity index (χ4v) is 3.66. The summed E-state index contributed by atoms with van der Waals surface area (Å²) in [4.78, 5) is 17.4. The largest absolute Gasteiger partial charge is 0.493 e. The third kappa shape index (κ3) is 5.31. The summed E-state index contributed by atoms with van der Waals surface area (Å²) in [6.07, 6.45) is 1.59. The van der Waals surface area contributed by atoms with Crippen LogP contribution in [0.4, 0.5) is 5.95 Å². The van der Waals surface area contributed by atoms with Gasteiger partial charge in [0.2, 0.25) is 17.6 Å². The molecular formula is C24H31N3O5. The molecule has 0 saturated heterocycles. The number of carbonyl (C=O) groups excluding carboxylic acids is 1. The van der Waals surface area contributed by atoms with E-state index in [2.05, 4.69) is 10.3 Å². The second-order valence-corrected chi connectivity index (χ2v) is 7.17. The van der Waals surface area contributed by atoms with E-state index in [-0.39, 0.29) is 12.3 Å². The Morgan fingerprint density at radius 3 is 2.53 bits per heavy atom. The van der Waals surface area contributed by atoms with Gasteiger partial charge in [-0.25, -0.2) is 4.98 Å². The Morgan fingerprint density at radius 1 is 1.03 bits per heavy atom. The molecule has 1 N–H and O–H groups in total. The molecule has 0 fully saturated rings. The van der Waals surface area contributed by atoms with Gasteiger partial charge in [-0.2, -0.15) is 0 Å². The van der Waals surface area contributed by atoms with E-state index in [0.717, 1.165) is 23.0 Å². The van der Waals surface area contributed by atoms with Gasteiger partial charge >= 0.3 is 0 Å². The minimum absolute atomic E-state index is 0.122. The molecule has 0 aliphatic carbocycles. The minimum Gasteiger partial charge on any atom is -0.493 e. The van der Waals surface area contributed by atoms with Crippen molar-refractivity contribution < 1.29 is 23.7 Å². The van der Waals surface area contributed by atoms with Crippen LogP contribution >= 0.6 is 0 Å². The maximum atomic E-state index is 12.8. The Labute approximate surface area is 188 Å². The summed E-state index contributed by atoms with van der Waals surface area (Å²) in [7, 11) is 4.71. The number of fused-ring (bicyclic) bond motifs is 1. The second-order valence-electron chi connectivity index (χ2n) is 7.17. The van der Waals surface area contributed by atoms with E-state index in [1.165, 1.54) is 0 Å². The summed E-state index contributed by atoms with van der Waals surface area (Å²) in [5.41, 5.74) is 2.70. The Morgan fingerprint density at radius 2 is 1.81 bits per heavy atom. The number of amides is 1. The summed E-state index contributed by atoms with van der Waals surface area (Å²) in [5.74, 6) is 2.10. The highest BCUT2D eigenvalue weighted by Crippen LogP contribution is 2.40. The molecule has 0 atom stereocenters. The van der Waals surface area contributed by atoms with Crippen molar-refractivity contribution in [1.29, 1.82) is 0 Å². The Bertz CT molecular complexity index is 1050. The summed E-state index contributed by atoms with van der Waals surface area (Å²) in [6, 6.07) is 11.6. The van der Waals surface area contributed by atoms with E-state index in [1.807, 2.05) is 47.9 Å². The quantitative estimate of drug-likeness (QED) is 0.427. The molecule has 0 radical (unpaired) electrons. The van der Waals surface area contributed by atoms with Crippen molar-refractivity contribution in [3.05, 3.63) is 42.0 Å². The molecular weight excluding hydrogens is 410 g/mol. The molecule has 32 heavy (non-hydrogen) atoms. The lowest BCUT2D eigenvalue weighted by Gasteiger charge is -2.15. The molecule has 0 saturated carbocycles. The monoisotopic (exact) mass is 441 g/mol. The number of aromatic nitrogens is 2. The van der Waals surface area contributed by atoms with Gasteiger partial charge in [-0.1, -0.05) is 18.2 Å². The van der Waals surface area contributed by atoms with Crippen LogP contribution in [0.5, 0.6) is 17.2 Å². The summed E-state index contributed by atoms with van der Waals surface area (Å²) >= 11 is 0. The van der Waals surface area contributed by atoms with E-state index in [4.69, 9.17) is 18.9 Å². The highest BCUT2D eigenvalue weighted by Gasteiger charge is 2.18. The SMILES string of the molecule is CCOCCCn1c(NC(=O)CCc2ccc(OC)c(OC)c2OC)nc2ccccc21. The topological polar surface area (TPSA) is 83.8 Å². The zero-order valence-corrected chi connectivity index (χ0v) is 19.1. The smallest absolute Gasteiger partial charge is 0.227 e. The number of benzene rings is 2. The third-order valence-electron chi connectivity index (χ3n) is 5.19. The van der Waals surface area contributed by atoms with Crippen LogP contribution in [-0.4, -0.2) is 50.0 Å². The first-order chi connectivity index (χ1) is 15.6. The summed E-state index contributed by atoms with van der Waals surface area (Å²) < 4.78 is 23.8. The van der Waals surface area contributed by atoms with Gasteiger partial charge in [0.25, 0.3) is 0 Å². The first kappa shape index (κ1) is 23.4. The highest BCUT2D eigenvalue weighted by molar-refractivity contribution is 5.91. The minimum atomic E-state index is -0.122. The van der Waals surface area contributed by atoms with Crippen LogP contribution < -0.4 is 19.5 Å². The fraction of sp³-hybridized carbons (Fsp3) is 0.417. The average Bonchev–Trinajstić information content (AvgIpc) is 3.16. The number of aryl methyl sites for hydroxylation is 2. The number of nitrogens with one attached hydrogen (secondary N) is 1. The van der Waals surface area contributed by atoms with Gasteiger partial charge in [-0.3, -0.25) is 10.1 Å². The molecule has 1 aromatic heterocycles. The number of carbonyl (C=O) groups is 1. The van der Waals surface area contributed by atoms with E-state index in [9.17, 15) is 4.79 Å². The first-order valence-corrected chi connectivity index (χ1v) is 10.7. The number of para-hydroxylation sites is 2. The van der Waals surface area contributed by atoms with Gasteiger partial charge in [0, 0.05) is 26.2 Å². The van der Waals surface area contributed by atoms with Gasteiger partial charge in [0.05, 0.1) is 32.4 Å². The second kappa shape index (κ2) is 11.4. The van der Waals surface area contributed by atoms with Crippen molar-refractivity contribution >= 4 is 22.9 Å². The normalized spacial score (nSPS) is 10.9. The zero-order chi connectivity index (χ0) is 22.9. The van der Waals surface area contributed by atoms with Crippen LogP contribution in [0.1, 0.15) is 25.3 Å². The van der Waals surface area contributed by atoms with E-state index in [1.54, 1.807) is 21.3 Å². The van der Waals surface area contributed by atoms with Crippen LogP contribution in [0.25, 0.3) is 11.0 Å². The summed E-state index contributed by atoms with van der Waals surface area (Å²) in [5, 5.41) is 2.98. The number of anilines is 1. The van der Waals surface area contributed by atoms with Crippen molar-refractivity contribution in [3.63, 3.8) is 0 Å². The van der Waals surface area contributed by atoms with Crippen LogP contribution in [0, 0.1) is 0 Å². The molecule has 3 rings (SSSR count). The molecule has 1 amide bonds. The van der Waals surface area contributed by atoms with Crippen molar-refractivity contribution in [2.75, 3.05) is 39.9 Å². The number of ether oxygens (including phenoxy) is 4. The standard InChI is InChI=1S/C24H31N3O5/c1-5-32-16-8-15-27-19-10-7-6-9-18(19)25-24(27)26-21(28)14-12-17-11-13-20(29-2)23(31-4)22(17)30-3/h6-7,9-11,13H,5,8,12,14-16H2,1-4H3,(H,25,26,28). The zero-order valence-electron chi connectivity index (χ0n) is 19.1. The fourth-order valence-electron chi connectivity index (χ4n) is 3.66. The van der Waals surface area contributed by atoms with Crippen LogP contribution in [0.15, 0.2) is 36.4 Å². The molecule has 3 aromatic rings. The first-order valence-electron chi connectivity index (χ1n) is 10.7. The van der Waals surface area contributed by atoms with Crippen molar-refractivity contribution in [3.8, 4) is 17.2 Å². The maximum absolute atomic E-state index is 12.8. The Kier molecular flexibility index (Phi) is 8.33. The van der Waals surface area contributed by atoms with Crippen LogP contribution in [-0.2, 0) is 22.5 Å². The lowest BCUT2D eigenvalue weighted by molar-refractivity contribution is -0.116. The molecule has 0 aliphatic rings.